The standard InChI is InChI=1S/C17H21NO3.C16H19NO4.CH4/c1-14-7-10-18(17(14)8-11-20-12-9-17)16(19)21-13-15-5-3-2-4-6-15;18-14-6-9-17(16(14)7-10-20-11-8-16)15(19)21-12-13-4-2-1-3-5-13;/h2-7H,8-13H2,1H3;1-5H,6-12H2;1H4. The summed E-state index contributed by atoms with van der Waals surface area (Å²) < 4.78 is 21.7. The first-order chi connectivity index (χ1) is 20.4. The molecule has 2 amide bonds. The first kappa shape index (κ1) is 32.2. The van der Waals surface area contributed by atoms with Gasteiger partial charge in [0.2, 0.25) is 0 Å². The lowest BCUT2D eigenvalue weighted by molar-refractivity contribution is -0.129. The lowest BCUT2D eigenvalue weighted by atomic mass is 9.84. The summed E-state index contributed by atoms with van der Waals surface area (Å²) in [5.41, 5.74) is 2.34. The maximum absolute atomic E-state index is 12.5. The molecule has 2 aromatic carbocycles. The molecular weight excluding hydrogens is 548 g/mol. The van der Waals surface area contributed by atoms with Crippen LogP contribution in [0.2, 0.25) is 0 Å². The van der Waals surface area contributed by atoms with Crippen molar-refractivity contribution in [1.29, 1.82) is 0 Å². The van der Waals surface area contributed by atoms with Gasteiger partial charge in [0.1, 0.15) is 18.8 Å². The summed E-state index contributed by atoms with van der Waals surface area (Å²) in [6.07, 6.45) is 4.79. The quantitative estimate of drug-likeness (QED) is 0.407. The molecule has 0 unspecified atom stereocenters. The minimum absolute atomic E-state index is 0. The molecule has 232 valence electrons. The summed E-state index contributed by atoms with van der Waals surface area (Å²) in [6, 6.07) is 19.3. The number of carbonyl (C=O) groups is 3. The van der Waals surface area contributed by atoms with E-state index < -0.39 is 11.6 Å². The number of amides is 2. The number of likely N-dealkylation sites (tertiary alicyclic amines) is 1. The second kappa shape index (κ2) is 14.7. The van der Waals surface area contributed by atoms with E-state index in [-0.39, 0.29) is 31.4 Å². The fourth-order valence-electron chi connectivity index (χ4n) is 6.36. The smallest absolute Gasteiger partial charge is 0.411 e. The molecule has 43 heavy (non-hydrogen) atoms. The van der Waals surface area contributed by atoms with Gasteiger partial charge < -0.3 is 18.9 Å². The van der Waals surface area contributed by atoms with E-state index in [0.29, 0.717) is 65.4 Å². The summed E-state index contributed by atoms with van der Waals surface area (Å²) in [5.74, 6) is 0.141. The Labute approximate surface area is 254 Å². The van der Waals surface area contributed by atoms with Crippen molar-refractivity contribution in [3.8, 4) is 0 Å². The predicted molar refractivity (Wildman–Crippen MR) is 162 cm³/mol. The van der Waals surface area contributed by atoms with Crippen LogP contribution < -0.4 is 0 Å². The Kier molecular flexibility index (Phi) is 11.0. The molecule has 9 nitrogen and oxygen atoms in total. The fourth-order valence-corrected chi connectivity index (χ4v) is 6.36. The van der Waals surface area contributed by atoms with Crippen molar-refractivity contribution in [2.45, 2.75) is 70.7 Å². The summed E-state index contributed by atoms with van der Waals surface area (Å²) in [7, 11) is 0. The normalized spacial score (nSPS) is 20.1. The van der Waals surface area contributed by atoms with Crippen LogP contribution in [-0.2, 0) is 37.0 Å². The fraction of sp³-hybridized carbons (Fsp3) is 0.500. The van der Waals surface area contributed by atoms with Gasteiger partial charge in [-0.15, -0.1) is 0 Å². The third kappa shape index (κ3) is 7.11. The van der Waals surface area contributed by atoms with Gasteiger partial charge in [-0.1, -0.05) is 74.2 Å². The lowest BCUT2D eigenvalue weighted by Gasteiger charge is -2.42. The molecule has 0 N–H and O–H groups in total. The van der Waals surface area contributed by atoms with Gasteiger partial charge in [-0.3, -0.25) is 14.6 Å². The predicted octanol–water partition coefficient (Wildman–Crippen LogP) is 5.92. The number of Topliss-reactive ketones (excluding diaryl/α,β-unsaturated/α-hetero) is 1. The van der Waals surface area contributed by atoms with Crippen LogP contribution in [0.5, 0.6) is 0 Å². The summed E-state index contributed by atoms with van der Waals surface area (Å²) in [4.78, 5) is 40.5. The van der Waals surface area contributed by atoms with E-state index in [9.17, 15) is 14.4 Å². The molecular formula is C34H44N2O7. The number of benzene rings is 2. The average Bonchev–Trinajstić information content (AvgIpc) is 3.52. The monoisotopic (exact) mass is 592 g/mol. The van der Waals surface area contributed by atoms with E-state index in [0.717, 1.165) is 24.0 Å². The van der Waals surface area contributed by atoms with Gasteiger partial charge in [0.05, 0.1) is 5.54 Å². The molecule has 0 bridgehead atoms. The maximum Gasteiger partial charge on any atom is 0.411 e. The third-order valence-electron chi connectivity index (χ3n) is 8.92. The van der Waals surface area contributed by atoms with Crippen LogP contribution in [-0.4, -0.2) is 78.4 Å². The number of carbonyl (C=O) groups excluding carboxylic acids is 3. The van der Waals surface area contributed by atoms with Crippen molar-refractivity contribution in [1.82, 2.24) is 9.80 Å². The molecule has 3 fully saturated rings. The Morgan fingerprint density at radius 1 is 0.744 bits per heavy atom. The highest BCUT2D eigenvalue weighted by Gasteiger charge is 2.51. The molecule has 2 aromatic rings. The van der Waals surface area contributed by atoms with E-state index in [2.05, 4.69) is 13.0 Å². The largest absolute Gasteiger partial charge is 0.445 e. The minimum Gasteiger partial charge on any atom is -0.445 e. The van der Waals surface area contributed by atoms with Gasteiger partial charge in [0, 0.05) is 58.8 Å². The molecule has 4 aliphatic rings. The number of ketones is 1. The number of hydrogen-bond acceptors (Lipinski definition) is 7. The number of hydrogen-bond donors (Lipinski definition) is 0. The van der Waals surface area contributed by atoms with E-state index in [1.54, 1.807) is 4.90 Å². The van der Waals surface area contributed by atoms with Crippen molar-refractivity contribution >= 4 is 18.0 Å². The highest BCUT2D eigenvalue weighted by Crippen LogP contribution is 2.39. The second-order valence-corrected chi connectivity index (χ2v) is 11.2. The Balaban J connectivity index is 0.000000192. The molecule has 0 aromatic heterocycles. The molecule has 0 radical (unpaired) electrons. The van der Waals surface area contributed by atoms with Gasteiger partial charge in [0.25, 0.3) is 0 Å². The van der Waals surface area contributed by atoms with Crippen molar-refractivity contribution in [3.05, 3.63) is 83.4 Å². The van der Waals surface area contributed by atoms with Crippen molar-refractivity contribution in [3.63, 3.8) is 0 Å². The molecule has 4 heterocycles. The third-order valence-corrected chi connectivity index (χ3v) is 8.92. The maximum atomic E-state index is 12.5. The van der Waals surface area contributed by atoms with Gasteiger partial charge in [-0.05, 0) is 36.5 Å². The van der Waals surface area contributed by atoms with Crippen LogP contribution in [0.15, 0.2) is 72.3 Å². The van der Waals surface area contributed by atoms with Crippen LogP contribution in [0.4, 0.5) is 9.59 Å². The minimum atomic E-state index is -0.688. The van der Waals surface area contributed by atoms with Crippen LogP contribution in [0, 0.1) is 0 Å². The molecule has 0 saturated carbocycles. The van der Waals surface area contributed by atoms with Gasteiger partial charge in [-0.25, -0.2) is 9.59 Å². The molecule has 0 atom stereocenters. The summed E-state index contributed by atoms with van der Waals surface area (Å²) in [6.45, 7) is 6.20. The highest BCUT2D eigenvalue weighted by atomic mass is 16.6. The van der Waals surface area contributed by atoms with Crippen LogP contribution in [0.1, 0.15) is 57.6 Å². The zero-order valence-corrected chi connectivity index (χ0v) is 24.3. The number of ether oxygens (including phenoxy) is 4. The van der Waals surface area contributed by atoms with E-state index >= 15 is 0 Å². The first-order valence-corrected chi connectivity index (χ1v) is 14.8. The Morgan fingerprint density at radius 3 is 1.72 bits per heavy atom. The van der Waals surface area contributed by atoms with Crippen LogP contribution >= 0.6 is 0 Å². The topological polar surface area (TPSA) is 94.6 Å². The van der Waals surface area contributed by atoms with Gasteiger partial charge in [0.15, 0.2) is 5.78 Å². The van der Waals surface area contributed by atoms with Crippen molar-refractivity contribution in [2.75, 3.05) is 39.5 Å². The Hall–Kier alpha value is -3.69. The van der Waals surface area contributed by atoms with Gasteiger partial charge >= 0.3 is 12.2 Å². The van der Waals surface area contributed by atoms with Crippen molar-refractivity contribution in [2.24, 2.45) is 0 Å². The number of nitrogens with zero attached hydrogens (tertiary/aromatic N) is 2. The van der Waals surface area contributed by atoms with Gasteiger partial charge in [-0.2, -0.15) is 0 Å². The Bertz CT molecular complexity index is 1240. The second-order valence-electron chi connectivity index (χ2n) is 11.2. The molecule has 3 saturated heterocycles. The molecule has 0 aliphatic carbocycles. The first-order valence-electron chi connectivity index (χ1n) is 14.8. The molecule has 2 spiro atoms. The highest BCUT2D eigenvalue weighted by molar-refractivity contribution is 5.94. The summed E-state index contributed by atoms with van der Waals surface area (Å²) >= 11 is 0. The SMILES string of the molecule is C.CC1=CCN(C(=O)OCc2ccccc2)C12CCOCC2.O=C(OCc1ccccc1)N1CCC(=O)C12CCOCC2. The molecule has 4 aliphatic heterocycles. The average molecular weight is 593 g/mol. The number of rotatable bonds is 4. The molecule has 9 heteroatoms. The zero-order valence-electron chi connectivity index (χ0n) is 24.3. The lowest BCUT2D eigenvalue weighted by Crippen LogP contribution is -2.54. The van der Waals surface area contributed by atoms with E-state index in [1.165, 1.54) is 5.57 Å². The summed E-state index contributed by atoms with van der Waals surface area (Å²) in [5, 5.41) is 0. The van der Waals surface area contributed by atoms with Crippen molar-refractivity contribution < 1.29 is 33.3 Å². The molecule has 6 rings (SSSR count). The zero-order chi connectivity index (χ0) is 29.4. The van der Waals surface area contributed by atoms with Crippen LogP contribution in [0.25, 0.3) is 0 Å². The van der Waals surface area contributed by atoms with E-state index in [4.69, 9.17) is 18.9 Å². The van der Waals surface area contributed by atoms with E-state index in [1.807, 2.05) is 65.6 Å². The van der Waals surface area contributed by atoms with Crippen LogP contribution in [0.3, 0.4) is 0 Å². The Morgan fingerprint density at radius 2 is 1.21 bits per heavy atom.